The van der Waals surface area contributed by atoms with Crippen molar-refractivity contribution in [3.63, 3.8) is 0 Å². The zero-order valence-corrected chi connectivity index (χ0v) is 14.1. The molecule has 0 aromatic carbocycles. The van der Waals surface area contributed by atoms with Gasteiger partial charge in [-0.1, -0.05) is 0 Å². The van der Waals surface area contributed by atoms with Gasteiger partial charge in [-0.25, -0.2) is 0 Å². The molecule has 0 aliphatic carbocycles. The maximum Gasteiger partial charge on any atom is 0.183 e. The summed E-state index contributed by atoms with van der Waals surface area (Å²) < 4.78 is 26.7. The number of aliphatic hydroxyl groups excluding tert-OH is 1. The lowest BCUT2D eigenvalue weighted by Crippen LogP contribution is -2.27. The molecule has 0 radical (unpaired) electrons. The maximum atomic E-state index is 8.48. The summed E-state index contributed by atoms with van der Waals surface area (Å²) in [6.07, 6.45) is 0. The first-order valence-corrected chi connectivity index (χ1v) is 10.5. The van der Waals surface area contributed by atoms with Gasteiger partial charge in [-0.3, -0.25) is 0 Å². The van der Waals surface area contributed by atoms with Crippen LogP contribution in [0.3, 0.4) is 0 Å². The Morgan fingerprint density at radius 3 is 1.30 bits per heavy atom. The lowest BCUT2D eigenvalue weighted by molar-refractivity contribution is -0.00800. The molecule has 6 nitrogen and oxygen atoms in total. The zero-order valence-electron chi connectivity index (χ0n) is 13.1. The van der Waals surface area contributed by atoms with Crippen LogP contribution in [-0.2, 0) is 23.4 Å². The van der Waals surface area contributed by atoms with E-state index in [2.05, 4.69) is 19.6 Å². The Bertz CT molecular complexity index is 198. The maximum absolute atomic E-state index is 8.48. The van der Waals surface area contributed by atoms with E-state index in [9.17, 15) is 0 Å². The Labute approximate surface area is 123 Å². The molecule has 0 fully saturated rings. The number of rotatable bonds is 15. The van der Waals surface area contributed by atoms with Crippen molar-refractivity contribution in [3.8, 4) is 0 Å². The number of hydrogen-bond acceptors (Lipinski definition) is 6. The minimum Gasteiger partial charge on any atom is -0.415 e. The molecule has 0 bridgehead atoms. The third-order valence-corrected chi connectivity index (χ3v) is 3.18. The van der Waals surface area contributed by atoms with Crippen LogP contribution >= 0.6 is 0 Å². The Kier molecular flexibility index (Phi) is 13.9. The van der Waals surface area contributed by atoms with Crippen molar-refractivity contribution in [1.29, 1.82) is 0 Å². The first-order chi connectivity index (χ1) is 9.56. The van der Waals surface area contributed by atoms with Crippen LogP contribution in [0.5, 0.6) is 0 Å². The molecule has 0 aliphatic heterocycles. The fourth-order valence-corrected chi connectivity index (χ4v) is 1.93. The zero-order chi connectivity index (χ0) is 15.1. The van der Waals surface area contributed by atoms with Crippen LogP contribution in [0.2, 0.25) is 19.6 Å². The monoisotopic (exact) mass is 310 g/mol. The normalized spacial score (nSPS) is 12.0. The molecule has 0 atom stereocenters. The van der Waals surface area contributed by atoms with Gasteiger partial charge in [0.25, 0.3) is 0 Å². The molecule has 0 aromatic heterocycles. The molecule has 0 rings (SSSR count). The fourth-order valence-electron chi connectivity index (χ4n) is 1.23. The molecule has 20 heavy (non-hydrogen) atoms. The summed E-state index contributed by atoms with van der Waals surface area (Å²) in [6.45, 7) is 11.4. The van der Waals surface area contributed by atoms with Gasteiger partial charge >= 0.3 is 0 Å². The van der Waals surface area contributed by atoms with Crippen molar-refractivity contribution in [2.75, 3.05) is 66.1 Å². The van der Waals surface area contributed by atoms with Crippen LogP contribution in [0.1, 0.15) is 0 Å². The number of aliphatic hydroxyl groups is 1. The summed E-state index contributed by atoms with van der Waals surface area (Å²) in [6, 6.07) is 0. The molecule has 0 aliphatic rings. The molecule has 1 N–H and O–H groups in total. The van der Waals surface area contributed by atoms with Gasteiger partial charge in [0.15, 0.2) is 8.32 Å². The van der Waals surface area contributed by atoms with E-state index in [0.29, 0.717) is 59.5 Å². The van der Waals surface area contributed by atoms with Crippen molar-refractivity contribution in [1.82, 2.24) is 0 Å². The lowest BCUT2D eigenvalue weighted by Gasteiger charge is -2.16. The average Bonchev–Trinajstić information content (AvgIpc) is 2.38. The summed E-state index contributed by atoms with van der Waals surface area (Å²) >= 11 is 0. The predicted molar refractivity (Wildman–Crippen MR) is 79.7 cm³/mol. The van der Waals surface area contributed by atoms with Crippen LogP contribution in [0.15, 0.2) is 0 Å². The summed E-state index contributed by atoms with van der Waals surface area (Å²) in [5.41, 5.74) is 0. The highest BCUT2D eigenvalue weighted by Crippen LogP contribution is 2.01. The highest BCUT2D eigenvalue weighted by molar-refractivity contribution is 6.69. The molecular weight excluding hydrogens is 280 g/mol. The van der Waals surface area contributed by atoms with Crippen LogP contribution < -0.4 is 0 Å². The smallest absolute Gasteiger partial charge is 0.183 e. The van der Waals surface area contributed by atoms with Gasteiger partial charge in [0, 0.05) is 0 Å². The minimum absolute atomic E-state index is 0.0477. The third kappa shape index (κ3) is 18.0. The molecular formula is C13H30O6Si. The van der Waals surface area contributed by atoms with Gasteiger partial charge in [0.05, 0.1) is 66.1 Å². The first kappa shape index (κ1) is 20.0. The largest absolute Gasteiger partial charge is 0.415 e. The molecule has 0 aromatic rings. The second-order valence-electron chi connectivity index (χ2n) is 5.13. The Hall–Kier alpha value is -0.0231. The Morgan fingerprint density at radius 2 is 0.950 bits per heavy atom. The molecule has 0 saturated heterocycles. The van der Waals surface area contributed by atoms with Crippen LogP contribution in [0, 0.1) is 0 Å². The molecule has 0 heterocycles. The lowest BCUT2D eigenvalue weighted by atomic mass is 10.7. The van der Waals surface area contributed by atoms with Gasteiger partial charge in [-0.15, -0.1) is 0 Å². The molecule has 122 valence electrons. The van der Waals surface area contributed by atoms with Crippen molar-refractivity contribution in [3.05, 3.63) is 0 Å². The van der Waals surface area contributed by atoms with Gasteiger partial charge in [-0.05, 0) is 19.6 Å². The predicted octanol–water partition coefficient (Wildman–Crippen LogP) is 0.897. The summed E-state index contributed by atoms with van der Waals surface area (Å²) in [5, 5.41) is 8.48. The van der Waals surface area contributed by atoms with Crippen LogP contribution in [0.25, 0.3) is 0 Å². The molecule has 0 unspecified atom stereocenters. The third-order valence-electron chi connectivity index (χ3n) is 2.11. The summed E-state index contributed by atoms with van der Waals surface area (Å²) in [5.74, 6) is 0. The van der Waals surface area contributed by atoms with Crippen LogP contribution in [-0.4, -0.2) is 79.5 Å². The highest BCUT2D eigenvalue weighted by Gasteiger charge is 2.12. The standard InChI is InChI=1S/C13H30O6Si/c1-20(2,3)19-13-12-18-11-10-17-9-8-16-7-6-15-5-4-14/h14H,4-13H2,1-3H3. The number of hydrogen-bond donors (Lipinski definition) is 1. The minimum atomic E-state index is -1.41. The Morgan fingerprint density at radius 1 is 0.600 bits per heavy atom. The molecule has 7 heteroatoms. The van der Waals surface area contributed by atoms with Crippen molar-refractivity contribution in [2.24, 2.45) is 0 Å². The average molecular weight is 310 g/mol. The molecule has 0 saturated carbocycles. The van der Waals surface area contributed by atoms with E-state index < -0.39 is 8.32 Å². The fraction of sp³-hybridized carbons (Fsp3) is 1.00. The molecule has 0 spiro atoms. The van der Waals surface area contributed by atoms with Gasteiger partial charge < -0.3 is 28.5 Å². The highest BCUT2D eigenvalue weighted by atomic mass is 28.4. The van der Waals surface area contributed by atoms with E-state index in [-0.39, 0.29) is 6.61 Å². The van der Waals surface area contributed by atoms with E-state index in [4.69, 9.17) is 28.5 Å². The quantitative estimate of drug-likeness (QED) is 0.358. The first-order valence-electron chi connectivity index (χ1n) is 7.12. The second kappa shape index (κ2) is 13.9. The van der Waals surface area contributed by atoms with Gasteiger partial charge in [0.2, 0.25) is 0 Å². The van der Waals surface area contributed by atoms with E-state index in [0.717, 1.165) is 0 Å². The van der Waals surface area contributed by atoms with Crippen molar-refractivity contribution in [2.45, 2.75) is 19.6 Å². The van der Waals surface area contributed by atoms with Gasteiger partial charge in [0.1, 0.15) is 0 Å². The molecule has 0 amide bonds. The Balaban J connectivity index is 2.99. The second-order valence-corrected chi connectivity index (χ2v) is 9.65. The SMILES string of the molecule is C[Si](C)(C)OCCOCCOCCOCCOCCO. The van der Waals surface area contributed by atoms with Crippen molar-refractivity contribution < 1.29 is 28.5 Å². The summed E-state index contributed by atoms with van der Waals surface area (Å²) in [4.78, 5) is 0. The van der Waals surface area contributed by atoms with E-state index >= 15 is 0 Å². The number of ether oxygens (including phenoxy) is 4. The van der Waals surface area contributed by atoms with E-state index in [1.807, 2.05) is 0 Å². The van der Waals surface area contributed by atoms with E-state index in [1.54, 1.807) is 0 Å². The van der Waals surface area contributed by atoms with Gasteiger partial charge in [-0.2, -0.15) is 0 Å². The van der Waals surface area contributed by atoms with Crippen LogP contribution in [0.4, 0.5) is 0 Å². The van der Waals surface area contributed by atoms with Crippen molar-refractivity contribution >= 4 is 8.32 Å². The topological polar surface area (TPSA) is 66.4 Å². The summed E-state index contributed by atoms with van der Waals surface area (Å²) in [7, 11) is -1.41. The van der Waals surface area contributed by atoms with E-state index in [1.165, 1.54) is 0 Å².